The Hall–Kier alpha value is -0.570. The van der Waals surface area contributed by atoms with E-state index in [1.807, 2.05) is 18.2 Å². The van der Waals surface area contributed by atoms with Gasteiger partial charge in [-0.15, -0.1) is 0 Å². The molecule has 0 bridgehead atoms. The number of hydrogen-bond donors (Lipinski definition) is 1. The van der Waals surface area contributed by atoms with Gasteiger partial charge in [0, 0.05) is 6.54 Å². The minimum absolute atomic E-state index is 0.885. The second-order valence-corrected chi connectivity index (χ2v) is 4.15. The lowest BCUT2D eigenvalue weighted by Crippen LogP contribution is -2.02. The number of pyridine rings is 1. The summed E-state index contributed by atoms with van der Waals surface area (Å²) in [6.07, 6.45) is 5.14. The Morgan fingerprint density at radius 2 is 2.14 bits per heavy atom. The third-order valence-corrected chi connectivity index (χ3v) is 2.49. The highest BCUT2D eigenvalue weighted by atomic mass is 79.9. The first-order valence-electron chi connectivity index (χ1n) is 5.19. The number of halogens is 1. The van der Waals surface area contributed by atoms with E-state index in [1.54, 1.807) is 0 Å². The topological polar surface area (TPSA) is 24.9 Å². The van der Waals surface area contributed by atoms with Gasteiger partial charge in [0.05, 0.1) is 0 Å². The van der Waals surface area contributed by atoms with Gasteiger partial charge in [-0.1, -0.05) is 32.3 Å². The predicted octanol–water partition coefficient (Wildman–Crippen LogP) is 3.84. The van der Waals surface area contributed by atoms with Crippen molar-refractivity contribution in [2.75, 3.05) is 11.9 Å². The van der Waals surface area contributed by atoms with Crippen molar-refractivity contribution in [1.82, 2.24) is 4.98 Å². The van der Waals surface area contributed by atoms with Gasteiger partial charge in [0.1, 0.15) is 10.4 Å². The van der Waals surface area contributed by atoms with Crippen LogP contribution in [0.5, 0.6) is 0 Å². The third kappa shape index (κ3) is 4.61. The summed E-state index contributed by atoms with van der Waals surface area (Å²) in [4.78, 5) is 4.30. The molecule has 0 aliphatic heterocycles. The predicted molar refractivity (Wildman–Crippen MR) is 64.6 cm³/mol. The molecule has 0 fully saturated rings. The lowest BCUT2D eigenvalue weighted by Gasteiger charge is -2.04. The van der Waals surface area contributed by atoms with E-state index in [0.29, 0.717) is 0 Å². The van der Waals surface area contributed by atoms with Crippen LogP contribution in [0.3, 0.4) is 0 Å². The first-order valence-corrected chi connectivity index (χ1v) is 5.98. The van der Waals surface area contributed by atoms with Gasteiger partial charge in [0.15, 0.2) is 0 Å². The summed E-state index contributed by atoms with van der Waals surface area (Å²) >= 11 is 3.34. The van der Waals surface area contributed by atoms with Crippen LogP contribution < -0.4 is 5.32 Å². The van der Waals surface area contributed by atoms with Gasteiger partial charge >= 0.3 is 0 Å². The Labute approximate surface area is 94.3 Å². The molecule has 1 aromatic rings. The van der Waals surface area contributed by atoms with Crippen molar-refractivity contribution >= 4 is 21.7 Å². The Bertz CT molecular complexity index is 263. The van der Waals surface area contributed by atoms with Crippen LogP contribution in [0.15, 0.2) is 22.8 Å². The van der Waals surface area contributed by atoms with E-state index in [-0.39, 0.29) is 0 Å². The van der Waals surface area contributed by atoms with Crippen LogP contribution in [0.1, 0.15) is 32.6 Å². The maximum Gasteiger partial charge on any atom is 0.127 e. The summed E-state index contributed by atoms with van der Waals surface area (Å²) in [6, 6.07) is 5.91. The molecular weight excluding hydrogens is 240 g/mol. The molecular formula is C11H17BrN2. The summed E-state index contributed by atoms with van der Waals surface area (Å²) in [5, 5.41) is 3.30. The standard InChI is InChI=1S/C11H17BrN2/c1-2-3-4-5-9-13-11-8-6-7-10(12)14-11/h6-8H,2-5,9H2,1H3,(H,13,14). The Morgan fingerprint density at radius 3 is 2.86 bits per heavy atom. The number of nitrogens with one attached hydrogen (secondary N) is 1. The summed E-state index contributed by atoms with van der Waals surface area (Å²) in [6.45, 7) is 3.24. The molecule has 3 heteroatoms. The maximum atomic E-state index is 4.30. The molecule has 1 heterocycles. The molecule has 0 atom stereocenters. The SMILES string of the molecule is CCCCCCNc1cccc(Br)n1. The van der Waals surface area contributed by atoms with Crippen LogP contribution in [0.25, 0.3) is 0 Å². The average molecular weight is 257 g/mol. The molecule has 0 unspecified atom stereocenters. The van der Waals surface area contributed by atoms with Gasteiger partial charge in [-0.2, -0.15) is 0 Å². The fraction of sp³-hybridized carbons (Fsp3) is 0.545. The van der Waals surface area contributed by atoms with Crippen molar-refractivity contribution in [2.24, 2.45) is 0 Å². The molecule has 0 spiro atoms. The molecule has 0 radical (unpaired) electrons. The van der Waals surface area contributed by atoms with Crippen molar-refractivity contribution in [3.63, 3.8) is 0 Å². The molecule has 0 aliphatic carbocycles. The van der Waals surface area contributed by atoms with E-state index in [1.165, 1.54) is 25.7 Å². The number of aromatic nitrogens is 1. The highest BCUT2D eigenvalue weighted by Crippen LogP contribution is 2.10. The lowest BCUT2D eigenvalue weighted by atomic mass is 10.2. The Kier molecular flexibility index (Phi) is 5.60. The molecule has 0 amide bonds. The van der Waals surface area contributed by atoms with E-state index in [9.17, 15) is 0 Å². The summed E-state index contributed by atoms with van der Waals surface area (Å²) in [5.74, 6) is 0.955. The quantitative estimate of drug-likeness (QED) is 0.618. The van der Waals surface area contributed by atoms with Crippen LogP contribution in [0.4, 0.5) is 5.82 Å². The van der Waals surface area contributed by atoms with Crippen LogP contribution in [-0.4, -0.2) is 11.5 Å². The monoisotopic (exact) mass is 256 g/mol. The second kappa shape index (κ2) is 6.82. The third-order valence-electron chi connectivity index (χ3n) is 2.05. The smallest absolute Gasteiger partial charge is 0.127 e. The number of unbranched alkanes of at least 4 members (excludes halogenated alkanes) is 3. The van der Waals surface area contributed by atoms with Gasteiger partial charge in [0.25, 0.3) is 0 Å². The molecule has 1 rings (SSSR count). The van der Waals surface area contributed by atoms with Crippen molar-refractivity contribution in [3.05, 3.63) is 22.8 Å². The van der Waals surface area contributed by atoms with Crippen LogP contribution in [-0.2, 0) is 0 Å². The van der Waals surface area contributed by atoms with Crippen molar-refractivity contribution < 1.29 is 0 Å². The van der Waals surface area contributed by atoms with E-state index in [4.69, 9.17) is 0 Å². The van der Waals surface area contributed by atoms with Crippen LogP contribution in [0, 0.1) is 0 Å². The van der Waals surface area contributed by atoms with E-state index < -0.39 is 0 Å². The first kappa shape index (κ1) is 11.5. The minimum Gasteiger partial charge on any atom is -0.370 e. The first-order chi connectivity index (χ1) is 6.83. The fourth-order valence-corrected chi connectivity index (χ4v) is 1.62. The summed E-state index contributed by atoms with van der Waals surface area (Å²) in [7, 11) is 0. The van der Waals surface area contributed by atoms with Gasteiger partial charge in [-0.3, -0.25) is 0 Å². The number of anilines is 1. The van der Waals surface area contributed by atoms with Gasteiger partial charge in [-0.05, 0) is 34.5 Å². The molecule has 14 heavy (non-hydrogen) atoms. The zero-order valence-electron chi connectivity index (χ0n) is 8.59. The molecule has 1 aromatic heterocycles. The highest BCUT2D eigenvalue weighted by molar-refractivity contribution is 9.10. The van der Waals surface area contributed by atoms with Gasteiger partial charge < -0.3 is 5.32 Å². The minimum atomic E-state index is 0.885. The molecule has 0 aromatic carbocycles. The largest absolute Gasteiger partial charge is 0.370 e. The van der Waals surface area contributed by atoms with Crippen LogP contribution >= 0.6 is 15.9 Å². The van der Waals surface area contributed by atoms with E-state index >= 15 is 0 Å². The van der Waals surface area contributed by atoms with E-state index in [0.717, 1.165) is 17.0 Å². The molecule has 0 aliphatic rings. The zero-order chi connectivity index (χ0) is 10.2. The highest BCUT2D eigenvalue weighted by Gasteiger charge is 1.93. The Balaban J connectivity index is 2.18. The molecule has 0 saturated heterocycles. The van der Waals surface area contributed by atoms with Crippen molar-refractivity contribution in [3.8, 4) is 0 Å². The maximum absolute atomic E-state index is 4.30. The number of hydrogen-bond acceptors (Lipinski definition) is 2. The van der Waals surface area contributed by atoms with E-state index in [2.05, 4.69) is 33.2 Å². The fourth-order valence-electron chi connectivity index (χ4n) is 1.27. The van der Waals surface area contributed by atoms with Gasteiger partial charge in [-0.25, -0.2) is 4.98 Å². The average Bonchev–Trinajstić information content (AvgIpc) is 2.18. The van der Waals surface area contributed by atoms with Crippen molar-refractivity contribution in [2.45, 2.75) is 32.6 Å². The second-order valence-electron chi connectivity index (χ2n) is 3.33. The zero-order valence-corrected chi connectivity index (χ0v) is 10.2. The van der Waals surface area contributed by atoms with Crippen LogP contribution in [0.2, 0.25) is 0 Å². The number of rotatable bonds is 6. The molecule has 0 saturated carbocycles. The molecule has 2 nitrogen and oxygen atoms in total. The lowest BCUT2D eigenvalue weighted by molar-refractivity contribution is 0.684. The number of nitrogens with zero attached hydrogens (tertiary/aromatic N) is 1. The summed E-state index contributed by atoms with van der Waals surface area (Å²) < 4.78 is 0.885. The normalized spacial score (nSPS) is 10.1. The van der Waals surface area contributed by atoms with Gasteiger partial charge in [0.2, 0.25) is 0 Å². The molecule has 1 N–H and O–H groups in total. The Morgan fingerprint density at radius 1 is 1.29 bits per heavy atom. The molecule has 78 valence electrons. The van der Waals surface area contributed by atoms with Crippen molar-refractivity contribution in [1.29, 1.82) is 0 Å². The summed E-state index contributed by atoms with van der Waals surface area (Å²) in [5.41, 5.74) is 0.